The Labute approximate surface area is 133 Å². The molecule has 1 aromatic heterocycles. The first kappa shape index (κ1) is 15.2. The first-order valence-corrected chi connectivity index (χ1v) is 9.34. The van der Waals surface area contributed by atoms with E-state index in [9.17, 15) is 4.57 Å². The van der Waals surface area contributed by atoms with E-state index in [4.69, 9.17) is 9.05 Å². The minimum atomic E-state index is -3.48. The fraction of sp³-hybridized carbons (Fsp3) is 0.188. The fourth-order valence-electron chi connectivity index (χ4n) is 2.10. The Hall–Kier alpha value is -1.68. The van der Waals surface area contributed by atoms with Crippen LogP contribution >= 0.6 is 18.9 Å². The smallest absolute Gasteiger partial charge is 0.420 e. The summed E-state index contributed by atoms with van der Waals surface area (Å²) in [4.78, 5) is 4.50. The van der Waals surface area contributed by atoms with Crippen molar-refractivity contribution in [1.29, 1.82) is 0 Å². The normalized spacial score (nSPS) is 13.9. The lowest BCUT2D eigenvalue weighted by molar-refractivity contribution is 0.289. The Morgan fingerprint density at radius 2 is 1.91 bits per heavy atom. The second-order valence-corrected chi connectivity index (χ2v) is 7.93. The number of para-hydroxylation sites is 2. The lowest BCUT2D eigenvalue weighted by atomic mass is 10.2. The zero-order chi connectivity index (χ0) is 15.6. The molecule has 1 heterocycles. The third-order valence-corrected chi connectivity index (χ3v) is 6.50. The van der Waals surface area contributed by atoms with Gasteiger partial charge in [-0.1, -0.05) is 30.3 Å². The van der Waals surface area contributed by atoms with Gasteiger partial charge in [0.15, 0.2) is 0 Å². The number of aromatic nitrogens is 1. The predicted molar refractivity (Wildman–Crippen MR) is 90.3 cm³/mol. The summed E-state index contributed by atoms with van der Waals surface area (Å²) < 4.78 is 25.7. The summed E-state index contributed by atoms with van der Waals surface area (Å²) in [6, 6.07) is 14.9. The van der Waals surface area contributed by atoms with Crippen molar-refractivity contribution in [3.63, 3.8) is 0 Å². The Kier molecular flexibility index (Phi) is 4.30. The first-order valence-electron chi connectivity index (χ1n) is 6.98. The number of hydrogen-bond acceptors (Lipinski definition) is 5. The molecule has 0 aliphatic rings. The quantitative estimate of drug-likeness (QED) is 0.643. The summed E-state index contributed by atoms with van der Waals surface area (Å²) in [5.74, 6) is 0.510. The Morgan fingerprint density at radius 3 is 2.59 bits per heavy atom. The van der Waals surface area contributed by atoms with Crippen LogP contribution in [0.3, 0.4) is 0 Å². The molecule has 0 saturated carbocycles. The van der Waals surface area contributed by atoms with E-state index in [1.165, 1.54) is 11.3 Å². The first-order chi connectivity index (χ1) is 10.6. The van der Waals surface area contributed by atoms with Gasteiger partial charge >= 0.3 is 7.60 Å². The van der Waals surface area contributed by atoms with Crippen molar-refractivity contribution in [2.24, 2.45) is 0 Å². The van der Waals surface area contributed by atoms with Gasteiger partial charge in [0.1, 0.15) is 5.75 Å². The topological polar surface area (TPSA) is 48.4 Å². The maximum Gasteiger partial charge on any atom is 0.439 e. The average molecular weight is 333 g/mol. The van der Waals surface area contributed by atoms with Crippen molar-refractivity contribution < 1.29 is 13.6 Å². The molecule has 4 nitrogen and oxygen atoms in total. The van der Waals surface area contributed by atoms with Crippen LogP contribution in [0.15, 0.2) is 48.5 Å². The van der Waals surface area contributed by atoms with Crippen LogP contribution < -0.4 is 9.27 Å². The second-order valence-electron chi connectivity index (χ2n) is 4.74. The minimum absolute atomic E-state index is 0.291. The molecule has 0 aliphatic heterocycles. The summed E-state index contributed by atoms with van der Waals surface area (Å²) in [6.45, 7) is 4.06. The van der Waals surface area contributed by atoms with E-state index in [1.54, 1.807) is 19.1 Å². The van der Waals surface area contributed by atoms with E-state index >= 15 is 0 Å². The molecular formula is C16H16NO3PS. The SMILES string of the molecule is CCOP(=O)(Oc1ccccc1)c1nc2c(C)cccc2s1. The molecule has 3 aromatic rings. The highest BCUT2D eigenvalue weighted by Gasteiger charge is 2.33. The fourth-order valence-corrected chi connectivity index (χ4v) is 5.10. The Bertz CT molecular complexity index is 832. The number of benzene rings is 2. The number of fused-ring (bicyclic) bond motifs is 1. The van der Waals surface area contributed by atoms with Crippen molar-refractivity contribution >= 4 is 33.9 Å². The highest BCUT2D eigenvalue weighted by molar-refractivity contribution is 7.69. The third-order valence-electron chi connectivity index (χ3n) is 3.11. The molecule has 1 atom stereocenters. The van der Waals surface area contributed by atoms with E-state index < -0.39 is 7.60 Å². The van der Waals surface area contributed by atoms with Crippen molar-refractivity contribution in [2.45, 2.75) is 13.8 Å². The largest absolute Gasteiger partial charge is 0.439 e. The second kappa shape index (κ2) is 6.21. The van der Waals surface area contributed by atoms with E-state index in [-0.39, 0.29) is 0 Å². The van der Waals surface area contributed by atoms with E-state index in [2.05, 4.69) is 4.98 Å². The van der Waals surface area contributed by atoms with Crippen molar-refractivity contribution in [3.8, 4) is 5.75 Å². The van der Waals surface area contributed by atoms with Crippen molar-refractivity contribution in [1.82, 2.24) is 4.98 Å². The molecule has 6 heteroatoms. The molecular weight excluding hydrogens is 317 g/mol. The molecule has 2 aromatic carbocycles. The molecule has 0 fully saturated rings. The maximum atomic E-state index is 13.2. The van der Waals surface area contributed by atoms with Gasteiger partial charge in [-0.3, -0.25) is 4.52 Å². The number of nitrogens with zero attached hydrogens (tertiary/aromatic N) is 1. The van der Waals surface area contributed by atoms with Crippen molar-refractivity contribution in [2.75, 3.05) is 6.61 Å². The van der Waals surface area contributed by atoms with Crippen LogP contribution in [0.5, 0.6) is 5.75 Å². The summed E-state index contributed by atoms with van der Waals surface area (Å²) in [5, 5.41) is 0. The molecule has 114 valence electrons. The summed E-state index contributed by atoms with van der Waals surface area (Å²) >= 11 is 1.35. The lowest BCUT2D eigenvalue weighted by Gasteiger charge is -2.16. The molecule has 0 radical (unpaired) electrons. The zero-order valence-corrected chi connectivity index (χ0v) is 14.1. The highest BCUT2D eigenvalue weighted by Crippen LogP contribution is 2.48. The number of rotatable bonds is 5. The van der Waals surface area contributed by atoms with E-state index in [1.807, 2.05) is 43.3 Å². The molecule has 0 N–H and O–H groups in total. The molecule has 0 spiro atoms. The van der Waals surface area contributed by atoms with Crippen molar-refractivity contribution in [3.05, 3.63) is 54.1 Å². The van der Waals surface area contributed by atoms with Gasteiger partial charge in [0.2, 0.25) is 4.75 Å². The standard InChI is InChI=1S/C16H16NO3PS/c1-3-19-21(18,20-13-9-5-4-6-10-13)16-17-15-12(2)8-7-11-14(15)22-16/h4-11H,3H2,1-2H3. The highest BCUT2D eigenvalue weighted by atomic mass is 32.1. The van der Waals surface area contributed by atoms with Gasteiger partial charge in [-0.15, -0.1) is 11.3 Å². The number of aryl methyl sites for hydroxylation is 1. The van der Waals surface area contributed by atoms with Crippen LogP contribution in [0.2, 0.25) is 0 Å². The van der Waals surface area contributed by atoms with E-state index in [0.29, 0.717) is 17.1 Å². The van der Waals surface area contributed by atoms with Gasteiger partial charge in [0, 0.05) is 0 Å². The van der Waals surface area contributed by atoms with Gasteiger partial charge < -0.3 is 4.52 Å². The average Bonchev–Trinajstić information content (AvgIpc) is 2.95. The monoisotopic (exact) mass is 333 g/mol. The van der Waals surface area contributed by atoms with Crippen LogP contribution in [0, 0.1) is 6.92 Å². The van der Waals surface area contributed by atoms with Gasteiger partial charge in [-0.25, -0.2) is 9.55 Å². The Morgan fingerprint density at radius 1 is 1.14 bits per heavy atom. The molecule has 0 bridgehead atoms. The van der Waals surface area contributed by atoms with E-state index in [0.717, 1.165) is 15.8 Å². The van der Waals surface area contributed by atoms with Crippen LogP contribution in [-0.4, -0.2) is 11.6 Å². The molecule has 1 unspecified atom stereocenters. The van der Waals surface area contributed by atoms with Gasteiger partial charge in [-0.05, 0) is 37.6 Å². The predicted octanol–water partition coefficient (Wildman–Crippen LogP) is 4.54. The number of hydrogen-bond donors (Lipinski definition) is 0. The van der Waals surface area contributed by atoms with Crippen LogP contribution in [-0.2, 0) is 9.09 Å². The summed E-state index contributed by atoms with van der Waals surface area (Å²) in [5.41, 5.74) is 1.89. The Balaban J connectivity index is 2.05. The van der Waals surface area contributed by atoms with Crippen LogP contribution in [0.1, 0.15) is 12.5 Å². The van der Waals surface area contributed by atoms with Gasteiger partial charge in [0.05, 0.1) is 16.8 Å². The van der Waals surface area contributed by atoms with Gasteiger partial charge in [-0.2, -0.15) is 0 Å². The summed E-state index contributed by atoms with van der Waals surface area (Å²) in [6.07, 6.45) is 0. The lowest BCUT2D eigenvalue weighted by Crippen LogP contribution is -2.12. The van der Waals surface area contributed by atoms with Gasteiger partial charge in [0.25, 0.3) is 0 Å². The molecule has 0 aliphatic carbocycles. The maximum absolute atomic E-state index is 13.2. The summed E-state index contributed by atoms with van der Waals surface area (Å²) in [7, 11) is -3.48. The van der Waals surface area contributed by atoms with Crippen LogP contribution in [0.25, 0.3) is 10.2 Å². The van der Waals surface area contributed by atoms with Crippen LogP contribution in [0.4, 0.5) is 0 Å². The molecule has 0 saturated heterocycles. The zero-order valence-electron chi connectivity index (χ0n) is 12.4. The molecule has 22 heavy (non-hydrogen) atoms. The third kappa shape index (κ3) is 2.93. The molecule has 3 rings (SSSR count). The number of thiazole rings is 1. The minimum Gasteiger partial charge on any atom is -0.420 e. The molecule has 0 amide bonds.